The van der Waals surface area contributed by atoms with Gasteiger partial charge in [-0.3, -0.25) is 0 Å². The normalized spacial score (nSPS) is 12.2. The maximum absolute atomic E-state index is 5.91. The van der Waals surface area contributed by atoms with Gasteiger partial charge in [0, 0.05) is 10.5 Å². The first-order chi connectivity index (χ1) is 8.58. The van der Waals surface area contributed by atoms with Crippen LogP contribution in [0.15, 0.2) is 41.0 Å². The van der Waals surface area contributed by atoms with Gasteiger partial charge in [0.05, 0.1) is 11.9 Å². The molecule has 0 bridgehead atoms. The number of benzene rings is 1. The Labute approximate surface area is 121 Å². The standard InChI is InChI=1S/C14H14BrClN2/c1-9-7-11(8-17-14(9)16)18-10(2)12-5-3-4-6-13(12)15/h3-8,10,18H,1-2H3. The highest BCUT2D eigenvalue weighted by atomic mass is 79.9. The van der Waals surface area contributed by atoms with Crippen LogP contribution < -0.4 is 5.32 Å². The molecule has 18 heavy (non-hydrogen) atoms. The van der Waals surface area contributed by atoms with Crippen molar-refractivity contribution < 1.29 is 0 Å². The summed E-state index contributed by atoms with van der Waals surface area (Å²) < 4.78 is 1.10. The molecule has 4 heteroatoms. The van der Waals surface area contributed by atoms with Gasteiger partial charge in [0.2, 0.25) is 0 Å². The first kappa shape index (κ1) is 13.4. The summed E-state index contributed by atoms with van der Waals surface area (Å²) in [6.07, 6.45) is 1.75. The molecule has 0 amide bonds. The second kappa shape index (κ2) is 5.72. The molecular formula is C14H14BrClN2. The molecule has 0 aliphatic carbocycles. The first-order valence-electron chi connectivity index (χ1n) is 5.71. The lowest BCUT2D eigenvalue weighted by Crippen LogP contribution is -2.07. The van der Waals surface area contributed by atoms with E-state index in [-0.39, 0.29) is 6.04 Å². The minimum atomic E-state index is 0.197. The number of rotatable bonds is 3. The number of anilines is 1. The fourth-order valence-corrected chi connectivity index (χ4v) is 2.52. The Hall–Kier alpha value is -1.06. The van der Waals surface area contributed by atoms with E-state index in [2.05, 4.69) is 39.2 Å². The zero-order valence-electron chi connectivity index (χ0n) is 10.2. The van der Waals surface area contributed by atoms with Crippen LogP contribution >= 0.6 is 27.5 Å². The molecule has 1 N–H and O–H groups in total. The predicted molar refractivity (Wildman–Crippen MR) is 80.2 cm³/mol. The van der Waals surface area contributed by atoms with Gasteiger partial charge in [-0.25, -0.2) is 4.98 Å². The maximum atomic E-state index is 5.91. The summed E-state index contributed by atoms with van der Waals surface area (Å²) in [5.74, 6) is 0. The molecule has 0 fully saturated rings. The van der Waals surface area contributed by atoms with Crippen molar-refractivity contribution in [2.24, 2.45) is 0 Å². The Balaban J connectivity index is 2.19. The van der Waals surface area contributed by atoms with E-state index in [1.807, 2.05) is 31.2 Å². The molecule has 0 spiro atoms. The number of hydrogen-bond acceptors (Lipinski definition) is 2. The van der Waals surface area contributed by atoms with Crippen molar-refractivity contribution in [2.75, 3.05) is 5.32 Å². The molecule has 1 aromatic heterocycles. The van der Waals surface area contributed by atoms with Gasteiger partial charge in [-0.1, -0.05) is 45.7 Å². The third-order valence-electron chi connectivity index (χ3n) is 2.77. The molecule has 94 valence electrons. The second-order valence-corrected chi connectivity index (χ2v) is 5.43. The maximum Gasteiger partial charge on any atom is 0.132 e. The summed E-state index contributed by atoms with van der Waals surface area (Å²) in [5.41, 5.74) is 3.16. The lowest BCUT2D eigenvalue weighted by molar-refractivity contribution is 0.876. The number of nitrogens with one attached hydrogen (secondary N) is 1. The second-order valence-electron chi connectivity index (χ2n) is 4.22. The van der Waals surface area contributed by atoms with Gasteiger partial charge in [0.25, 0.3) is 0 Å². The molecular weight excluding hydrogens is 312 g/mol. The Morgan fingerprint density at radius 3 is 2.72 bits per heavy atom. The van der Waals surface area contributed by atoms with Gasteiger partial charge in [0.15, 0.2) is 0 Å². The Bertz CT molecular complexity index is 557. The average molecular weight is 326 g/mol. The molecule has 0 aliphatic heterocycles. The molecule has 1 heterocycles. The Morgan fingerprint density at radius 2 is 2.06 bits per heavy atom. The highest BCUT2D eigenvalue weighted by molar-refractivity contribution is 9.10. The van der Waals surface area contributed by atoms with Crippen LogP contribution in [-0.4, -0.2) is 4.98 Å². The van der Waals surface area contributed by atoms with Crippen LogP contribution in [-0.2, 0) is 0 Å². The van der Waals surface area contributed by atoms with Gasteiger partial charge in [0.1, 0.15) is 5.15 Å². The van der Waals surface area contributed by atoms with Crippen LogP contribution in [0.25, 0.3) is 0 Å². The van der Waals surface area contributed by atoms with E-state index in [0.717, 1.165) is 15.7 Å². The molecule has 0 saturated carbocycles. The van der Waals surface area contributed by atoms with E-state index >= 15 is 0 Å². The van der Waals surface area contributed by atoms with Crippen LogP contribution in [0.3, 0.4) is 0 Å². The van der Waals surface area contributed by atoms with Gasteiger partial charge in [-0.2, -0.15) is 0 Å². The molecule has 2 rings (SSSR count). The van der Waals surface area contributed by atoms with Gasteiger partial charge in [-0.05, 0) is 37.1 Å². The smallest absolute Gasteiger partial charge is 0.132 e. The number of hydrogen-bond donors (Lipinski definition) is 1. The lowest BCUT2D eigenvalue weighted by atomic mass is 10.1. The number of pyridine rings is 1. The van der Waals surface area contributed by atoms with Crippen LogP contribution in [0.1, 0.15) is 24.1 Å². The first-order valence-corrected chi connectivity index (χ1v) is 6.88. The van der Waals surface area contributed by atoms with Crippen LogP contribution in [0.5, 0.6) is 0 Å². The minimum Gasteiger partial charge on any atom is -0.377 e. The van der Waals surface area contributed by atoms with E-state index in [1.54, 1.807) is 6.20 Å². The molecule has 1 unspecified atom stereocenters. The number of aromatic nitrogens is 1. The van der Waals surface area contributed by atoms with Crippen molar-refractivity contribution in [3.8, 4) is 0 Å². The summed E-state index contributed by atoms with van der Waals surface area (Å²) in [6.45, 7) is 4.06. The summed E-state index contributed by atoms with van der Waals surface area (Å²) in [5, 5.41) is 3.97. The zero-order valence-corrected chi connectivity index (χ0v) is 12.6. The van der Waals surface area contributed by atoms with Crippen molar-refractivity contribution in [1.29, 1.82) is 0 Å². The van der Waals surface area contributed by atoms with E-state index in [4.69, 9.17) is 11.6 Å². The van der Waals surface area contributed by atoms with Crippen LogP contribution in [0, 0.1) is 6.92 Å². The third kappa shape index (κ3) is 3.03. The largest absolute Gasteiger partial charge is 0.377 e. The quantitative estimate of drug-likeness (QED) is 0.805. The molecule has 0 radical (unpaired) electrons. The van der Waals surface area contributed by atoms with Crippen molar-refractivity contribution in [3.05, 3.63) is 57.3 Å². The highest BCUT2D eigenvalue weighted by Gasteiger charge is 2.09. The van der Waals surface area contributed by atoms with E-state index in [1.165, 1.54) is 5.56 Å². The molecule has 0 aliphatic rings. The number of nitrogens with zero attached hydrogens (tertiary/aromatic N) is 1. The summed E-state index contributed by atoms with van der Waals surface area (Å²) in [4.78, 5) is 4.14. The van der Waals surface area contributed by atoms with Crippen LogP contribution in [0.2, 0.25) is 5.15 Å². The Morgan fingerprint density at radius 1 is 1.33 bits per heavy atom. The van der Waals surface area contributed by atoms with Crippen LogP contribution in [0.4, 0.5) is 5.69 Å². The summed E-state index contributed by atoms with van der Waals surface area (Å²) in [7, 11) is 0. The summed E-state index contributed by atoms with van der Waals surface area (Å²) >= 11 is 9.47. The van der Waals surface area contributed by atoms with E-state index in [9.17, 15) is 0 Å². The SMILES string of the molecule is Cc1cc(NC(C)c2ccccc2Br)cnc1Cl. The molecule has 0 saturated heterocycles. The summed E-state index contributed by atoms with van der Waals surface area (Å²) in [6, 6.07) is 10.4. The Kier molecular flexibility index (Phi) is 4.25. The average Bonchev–Trinajstić information content (AvgIpc) is 2.34. The molecule has 1 aromatic carbocycles. The predicted octanol–water partition coefficient (Wildman–Crippen LogP) is 4.98. The lowest BCUT2D eigenvalue weighted by Gasteiger charge is -2.17. The van der Waals surface area contributed by atoms with E-state index in [0.29, 0.717) is 5.15 Å². The molecule has 1 atom stereocenters. The fourth-order valence-electron chi connectivity index (χ4n) is 1.79. The zero-order chi connectivity index (χ0) is 13.1. The fraction of sp³-hybridized carbons (Fsp3) is 0.214. The van der Waals surface area contributed by atoms with Crippen molar-refractivity contribution in [3.63, 3.8) is 0 Å². The molecule has 2 aromatic rings. The van der Waals surface area contributed by atoms with Crippen molar-refractivity contribution in [1.82, 2.24) is 4.98 Å². The van der Waals surface area contributed by atoms with Crippen molar-refractivity contribution >= 4 is 33.2 Å². The topological polar surface area (TPSA) is 24.9 Å². The highest BCUT2D eigenvalue weighted by Crippen LogP contribution is 2.26. The monoisotopic (exact) mass is 324 g/mol. The van der Waals surface area contributed by atoms with E-state index < -0.39 is 0 Å². The van der Waals surface area contributed by atoms with Crippen molar-refractivity contribution in [2.45, 2.75) is 19.9 Å². The van der Waals surface area contributed by atoms with Gasteiger partial charge < -0.3 is 5.32 Å². The number of halogens is 2. The third-order valence-corrected chi connectivity index (χ3v) is 3.89. The molecule has 2 nitrogen and oxygen atoms in total. The van der Waals surface area contributed by atoms with Gasteiger partial charge in [-0.15, -0.1) is 0 Å². The number of aryl methyl sites for hydroxylation is 1. The minimum absolute atomic E-state index is 0.197. The van der Waals surface area contributed by atoms with Gasteiger partial charge >= 0.3 is 0 Å².